The molecule has 1 fully saturated rings. The predicted octanol–water partition coefficient (Wildman–Crippen LogP) is 0.519. The number of amides is 1. The molecule has 0 saturated carbocycles. The van der Waals surface area contributed by atoms with E-state index in [9.17, 15) is 9.59 Å². The molecule has 1 amide bonds. The second-order valence-electron chi connectivity index (χ2n) is 6.03. The Bertz CT molecular complexity index is 755. The fraction of sp³-hybridized carbons (Fsp3) is 0.438. The van der Waals surface area contributed by atoms with E-state index in [1.807, 2.05) is 25.1 Å². The molecule has 0 bridgehead atoms. The molecule has 1 aromatic carbocycles. The molecule has 0 aliphatic carbocycles. The van der Waals surface area contributed by atoms with Gasteiger partial charge in [0.25, 0.3) is 5.56 Å². The summed E-state index contributed by atoms with van der Waals surface area (Å²) in [6, 6.07) is 7.31. The number of primary amides is 1. The smallest absolute Gasteiger partial charge is 0.258 e. The van der Waals surface area contributed by atoms with Gasteiger partial charge in [-0.2, -0.15) is 0 Å². The van der Waals surface area contributed by atoms with E-state index in [0.717, 1.165) is 13.1 Å². The van der Waals surface area contributed by atoms with Crippen LogP contribution in [0.3, 0.4) is 0 Å². The molecule has 3 rings (SSSR count). The second-order valence-corrected chi connectivity index (χ2v) is 6.03. The lowest BCUT2D eigenvalue weighted by molar-refractivity contribution is -0.122. The quantitative estimate of drug-likeness (QED) is 0.861. The summed E-state index contributed by atoms with van der Waals surface area (Å²) in [7, 11) is 0. The number of carbonyl (C=O) groups is 1. The highest BCUT2D eigenvalue weighted by Gasteiger charge is 2.32. The first-order chi connectivity index (χ1) is 10.5. The van der Waals surface area contributed by atoms with Gasteiger partial charge < -0.3 is 15.6 Å². The van der Waals surface area contributed by atoms with Crippen LogP contribution in [0.2, 0.25) is 0 Å². The molecule has 3 N–H and O–H groups in total. The van der Waals surface area contributed by atoms with Gasteiger partial charge in [0.1, 0.15) is 5.82 Å². The van der Waals surface area contributed by atoms with E-state index in [0.29, 0.717) is 29.7 Å². The van der Waals surface area contributed by atoms with E-state index in [4.69, 9.17) is 5.73 Å². The Morgan fingerprint density at radius 3 is 2.91 bits per heavy atom. The second kappa shape index (κ2) is 5.88. The average molecular weight is 300 g/mol. The van der Waals surface area contributed by atoms with Gasteiger partial charge in [0.2, 0.25) is 5.91 Å². The van der Waals surface area contributed by atoms with Crippen molar-refractivity contribution in [3.8, 4) is 0 Å². The van der Waals surface area contributed by atoms with Crippen LogP contribution in [0, 0.1) is 11.8 Å². The van der Waals surface area contributed by atoms with Gasteiger partial charge in [0.05, 0.1) is 16.8 Å². The predicted molar refractivity (Wildman–Crippen MR) is 84.4 cm³/mol. The lowest BCUT2D eigenvalue weighted by atomic mass is 9.98. The molecule has 1 saturated heterocycles. The van der Waals surface area contributed by atoms with Crippen LogP contribution in [-0.2, 0) is 11.2 Å². The Morgan fingerprint density at radius 1 is 1.41 bits per heavy atom. The largest absolute Gasteiger partial charge is 0.369 e. The van der Waals surface area contributed by atoms with E-state index >= 15 is 0 Å². The summed E-state index contributed by atoms with van der Waals surface area (Å²) in [5.74, 6) is 0.649. The highest BCUT2D eigenvalue weighted by Crippen LogP contribution is 2.22. The number of nitrogens with one attached hydrogen (secondary N) is 1. The summed E-state index contributed by atoms with van der Waals surface area (Å²) in [5, 5.41) is 0.606. The third-order valence-electron chi connectivity index (χ3n) is 4.38. The van der Waals surface area contributed by atoms with E-state index in [1.165, 1.54) is 0 Å². The number of nitrogens with two attached hydrogens (primary N) is 1. The molecule has 1 aromatic heterocycles. The Balaban J connectivity index is 1.70. The minimum Gasteiger partial charge on any atom is -0.369 e. The zero-order chi connectivity index (χ0) is 15.7. The van der Waals surface area contributed by atoms with Crippen LogP contribution >= 0.6 is 0 Å². The standard InChI is InChI=1S/C16H20N4O2/c1-10-8-20(9-12(10)15(17)21)7-6-14-18-13-5-3-2-4-11(13)16(22)19-14/h2-5,10,12H,6-9H2,1H3,(H2,17,21)(H,18,19,22)/t10-,12-/m1/s1. The maximum atomic E-state index is 12.0. The van der Waals surface area contributed by atoms with Gasteiger partial charge in [0, 0.05) is 26.1 Å². The SMILES string of the molecule is C[C@@H]1CN(CCc2nc3ccccc3c(=O)[nH]2)C[C@H]1C(N)=O. The van der Waals surface area contributed by atoms with Gasteiger partial charge >= 0.3 is 0 Å². The molecular formula is C16H20N4O2. The maximum Gasteiger partial charge on any atom is 0.258 e. The van der Waals surface area contributed by atoms with Gasteiger partial charge in [-0.25, -0.2) is 4.98 Å². The number of para-hydroxylation sites is 1. The lowest BCUT2D eigenvalue weighted by Crippen LogP contribution is -2.30. The highest BCUT2D eigenvalue weighted by molar-refractivity contribution is 5.77. The number of hydrogen-bond acceptors (Lipinski definition) is 4. The number of aromatic amines is 1. The number of rotatable bonds is 4. The molecule has 6 nitrogen and oxygen atoms in total. The number of fused-ring (bicyclic) bond motifs is 1. The van der Waals surface area contributed by atoms with Crippen LogP contribution in [0.4, 0.5) is 0 Å². The molecule has 0 spiro atoms. The van der Waals surface area contributed by atoms with Crippen molar-refractivity contribution < 1.29 is 4.79 Å². The Hall–Kier alpha value is -2.21. The van der Waals surface area contributed by atoms with Crippen LogP contribution in [0.5, 0.6) is 0 Å². The topological polar surface area (TPSA) is 92.1 Å². The van der Waals surface area contributed by atoms with Crippen molar-refractivity contribution >= 4 is 16.8 Å². The van der Waals surface area contributed by atoms with Gasteiger partial charge in [-0.3, -0.25) is 9.59 Å². The third-order valence-corrected chi connectivity index (χ3v) is 4.38. The molecule has 1 aliphatic rings. The van der Waals surface area contributed by atoms with Crippen molar-refractivity contribution in [2.24, 2.45) is 17.6 Å². The Labute approximate surface area is 128 Å². The summed E-state index contributed by atoms with van der Waals surface area (Å²) in [4.78, 5) is 32.9. The van der Waals surface area contributed by atoms with Gasteiger partial charge in [-0.15, -0.1) is 0 Å². The molecule has 2 heterocycles. The first kappa shape index (κ1) is 14.7. The van der Waals surface area contributed by atoms with Crippen LogP contribution in [-0.4, -0.2) is 40.4 Å². The number of hydrogen-bond donors (Lipinski definition) is 2. The van der Waals surface area contributed by atoms with Crippen molar-refractivity contribution in [2.75, 3.05) is 19.6 Å². The van der Waals surface area contributed by atoms with Crippen molar-refractivity contribution in [3.63, 3.8) is 0 Å². The summed E-state index contributed by atoms with van der Waals surface area (Å²) in [6.45, 7) is 4.35. The monoisotopic (exact) mass is 300 g/mol. The van der Waals surface area contributed by atoms with Crippen molar-refractivity contribution in [1.29, 1.82) is 0 Å². The van der Waals surface area contributed by atoms with Crippen molar-refractivity contribution in [1.82, 2.24) is 14.9 Å². The van der Waals surface area contributed by atoms with Crippen molar-refractivity contribution in [2.45, 2.75) is 13.3 Å². The molecular weight excluding hydrogens is 280 g/mol. The number of benzene rings is 1. The van der Waals surface area contributed by atoms with E-state index < -0.39 is 0 Å². The van der Waals surface area contributed by atoms with Gasteiger partial charge in [-0.1, -0.05) is 19.1 Å². The first-order valence-corrected chi connectivity index (χ1v) is 7.54. The zero-order valence-corrected chi connectivity index (χ0v) is 12.6. The average Bonchev–Trinajstić information content (AvgIpc) is 2.86. The minimum atomic E-state index is -0.229. The molecule has 116 valence electrons. The van der Waals surface area contributed by atoms with E-state index in [-0.39, 0.29) is 23.3 Å². The van der Waals surface area contributed by atoms with Crippen LogP contribution in [0.25, 0.3) is 10.9 Å². The van der Waals surface area contributed by atoms with Crippen molar-refractivity contribution in [3.05, 3.63) is 40.4 Å². The molecule has 1 aliphatic heterocycles. The molecule has 2 atom stereocenters. The minimum absolute atomic E-state index is 0.0800. The normalized spacial score (nSPS) is 22.2. The summed E-state index contributed by atoms with van der Waals surface area (Å²) < 4.78 is 0. The van der Waals surface area contributed by atoms with Crippen LogP contribution in [0.1, 0.15) is 12.7 Å². The van der Waals surface area contributed by atoms with E-state index in [2.05, 4.69) is 14.9 Å². The number of H-pyrrole nitrogens is 1. The fourth-order valence-corrected chi connectivity index (χ4v) is 3.14. The Kier molecular flexibility index (Phi) is 3.94. The molecule has 22 heavy (non-hydrogen) atoms. The maximum absolute atomic E-state index is 12.0. The summed E-state index contributed by atoms with van der Waals surface area (Å²) in [5.41, 5.74) is 6.02. The summed E-state index contributed by atoms with van der Waals surface area (Å²) >= 11 is 0. The third kappa shape index (κ3) is 2.87. The van der Waals surface area contributed by atoms with Gasteiger partial charge in [-0.05, 0) is 18.1 Å². The Morgan fingerprint density at radius 2 is 2.18 bits per heavy atom. The molecule has 2 aromatic rings. The van der Waals surface area contributed by atoms with E-state index in [1.54, 1.807) is 6.07 Å². The number of likely N-dealkylation sites (tertiary alicyclic amines) is 1. The molecule has 6 heteroatoms. The molecule has 0 unspecified atom stereocenters. The fourth-order valence-electron chi connectivity index (χ4n) is 3.14. The molecule has 0 radical (unpaired) electrons. The number of aromatic nitrogens is 2. The highest BCUT2D eigenvalue weighted by atomic mass is 16.1. The lowest BCUT2D eigenvalue weighted by Gasteiger charge is -2.14. The van der Waals surface area contributed by atoms with Gasteiger partial charge in [0.15, 0.2) is 0 Å². The summed E-state index contributed by atoms with van der Waals surface area (Å²) in [6.07, 6.45) is 0.651. The van der Waals surface area contributed by atoms with Crippen LogP contribution in [0.15, 0.2) is 29.1 Å². The first-order valence-electron chi connectivity index (χ1n) is 7.54. The van der Waals surface area contributed by atoms with Crippen LogP contribution < -0.4 is 11.3 Å². The number of carbonyl (C=O) groups excluding carboxylic acids is 1. The zero-order valence-electron chi connectivity index (χ0n) is 12.6. The number of nitrogens with zero attached hydrogens (tertiary/aromatic N) is 2.